The first-order valence-electron chi connectivity index (χ1n) is 6.79. The average molecular weight is 366 g/mol. The van der Waals surface area contributed by atoms with Gasteiger partial charge in [0.05, 0.1) is 12.5 Å². The van der Waals surface area contributed by atoms with Crippen molar-refractivity contribution in [2.24, 2.45) is 0 Å². The quantitative estimate of drug-likeness (QED) is 0.818. The summed E-state index contributed by atoms with van der Waals surface area (Å²) >= 11 is 3.37. The zero-order valence-electron chi connectivity index (χ0n) is 11.9. The van der Waals surface area contributed by atoms with E-state index in [1.807, 2.05) is 24.3 Å². The predicted molar refractivity (Wildman–Crippen MR) is 84.2 cm³/mol. The Labute approximate surface area is 136 Å². The first-order chi connectivity index (χ1) is 10.5. The van der Waals surface area contributed by atoms with Crippen LogP contribution in [0.25, 0.3) is 0 Å². The van der Waals surface area contributed by atoms with Crippen molar-refractivity contribution < 1.29 is 19.1 Å². The van der Waals surface area contributed by atoms with E-state index in [0.29, 0.717) is 6.42 Å². The SMILES string of the molecule is O=C(O)CN(Cc1cccc(Br)c1)C(=O)CCc1ccoc1. The number of nitrogens with zero attached hydrogens (tertiary/aromatic N) is 1. The van der Waals surface area contributed by atoms with Gasteiger partial charge in [0, 0.05) is 17.4 Å². The summed E-state index contributed by atoms with van der Waals surface area (Å²) in [6.45, 7) is -0.0350. The molecule has 5 nitrogen and oxygen atoms in total. The second-order valence-corrected chi connectivity index (χ2v) is 5.82. The van der Waals surface area contributed by atoms with Crippen molar-refractivity contribution in [1.82, 2.24) is 4.90 Å². The summed E-state index contributed by atoms with van der Waals surface area (Å²) in [4.78, 5) is 24.6. The number of carbonyl (C=O) groups is 2. The van der Waals surface area contributed by atoms with Gasteiger partial charge < -0.3 is 14.4 Å². The number of rotatable bonds is 7. The summed E-state index contributed by atoms with van der Waals surface area (Å²) in [5, 5.41) is 9.00. The highest BCUT2D eigenvalue weighted by Gasteiger charge is 2.17. The molecule has 0 saturated heterocycles. The molecule has 1 aromatic heterocycles. The van der Waals surface area contributed by atoms with E-state index >= 15 is 0 Å². The van der Waals surface area contributed by atoms with Crippen LogP contribution in [0.1, 0.15) is 17.5 Å². The van der Waals surface area contributed by atoms with Gasteiger partial charge >= 0.3 is 5.97 Å². The Morgan fingerprint density at radius 1 is 1.23 bits per heavy atom. The molecule has 1 aromatic carbocycles. The third kappa shape index (κ3) is 5.04. The maximum absolute atomic E-state index is 12.3. The molecule has 0 atom stereocenters. The number of aliphatic carboxylic acids is 1. The molecule has 6 heteroatoms. The van der Waals surface area contributed by atoms with E-state index < -0.39 is 5.97 Å². The third-order valence-electron chi connectivity index (χ3n) is 3.15. The van der Waals surface area contributed by atoms with Gasteiger partial charge in [-0.2, -0.15) is 0 Å². The van der Waals surface area contributed by atoms with Crippen LogP contribution in [0.4, 0.5) is 0 Å². The monoisotopic (exact) mass is 365 g/mol. The van der Waals surface area contributed by atoms with Gasteiger partial charge in [-0.05, 0) is 35.7 Å². The van der Waals surface area contributed by atoms with Crippen LogP contribution in [0.15, 0.2) is 51.7 Å². The number of hydrogen-bond donors (Lipinski definition) is 1. The molecule has 0 aliphatic rings. The highest BCUT2D eigenvalue weighted by molar-refractivity contribution is 9.10. The molecule has 0 fully saturated rings. The van der Waals surface area contributed by atoms with Gasteiger partial charge in [0.15, 0.2) is 0 Å². The minimum atomic E-state index is -1.02. The Bertz CT molecular complexity index is 639. The van der Waals surface area contributed by atoms with Crippen molar-refractivity contribution in [3.05, 3.63) is 58.5 Å². The number of furan rings is 1. The van der Waals surface area contributed by atoms with Crippen molar-refractivity contribution in [1.29, 1.82) is 0 Å². The van der Waals surface area contributed by atoms with Crippen LogP contribution in [0.3, 0.4) is 0 Å². The molecule has 116 valence electrons. The van der Waals surface area contributed by atoms with Gasteiger partial charge in [-0.3, -0.25) is 9.59 Å². The molecule has 0 radical (unpaired) electrons. The molecular formula is C16H16BrNO4. The standard InChI is InChI=1S/C16H16BrNO4/c17-14-3-1-2-13(8-14)9-18(10-16(20)21)15(19)5-4-12-6-7-22-11-12/h1-3,6-8,11H,4-5,9-10H2,(H,20,21). The summed E-state index contributed by atoms with van der Waals surface area (Å²) < 4.78 is 5.85. The zero-order chi connectivity index (χ0) is 15.9. The van der Waals surface area contributed by atoms with Crippen molar-refractivity contribution in [2.45, 2.75) is 19.4 Å². The number of carboxylic acid groups (broad SMARTS) is 1. The van der Waals surface area contributed by atoms with E-state index in [1.54, 1.807) is 18.6 Å². The maximum Gasteiger partial charge on any atom is 0.323 e. The Morgan fingerprint density at radius 2 is 2.05 bits per heavy atom. The first kappa shape index (κ1) is 16.3. The predicted octanol–water partition coefficient (Wildman–Crippen LogP) is 3.09. The molecule has 0 saturated carbocycles. The largest absolute Gasteiger partial charge is 0.480 e. The van der Waals surface area contributed by atoms with Crippen LogP contribution in [0, 0.1) is 0 Å². The van der Waals surface area contributed by atoms with E-state index in [4.69, 9.17) is 9.52 Å². The van der Waals surface area contributed by atoms with Gasteiger partial charge in [0.1, 0.15) is 6.54 Å². The van der Waals surface area contributed by atoms with E-state index in [0.717, 1.165) is 15.6 Å². The fourth-order valence-electron chi connectivity index (χ4n) is 2.10. The average Bonchev–Trinajstić information content (AvgIpc) is 2.97. The Morgan fingerprint density at radius 3 is 2.68 bits per heavy atom. The summed E-state index contributed by atoms with van der Waals surface area (Å²) in [6, 6.07) is 9.27. The normalized spacial score (nSPS) is 10.4. The molecule has 1 N–H and O–H groups in total. The van der Waals surface area contributed by atoms with Crippen LogP contribution >= 0.6 is 15.9 Å². The van der Waals surface area contributed by atoms with Gasteiger partial charge in [-0.25, -0.2) is 0 Å². The minimum absolute atomic E-state index is 0.191. The van der Waals surface area contributed by atoms with Crippen molar-refractivity contribution in [2.75, 3.05) is 6.54 Å². The molecule has 0 bridgehead atoms. The summed E-state index contributed by atoms with van der Waals surface area (Å²) in [5.74, 6) is -1.21. The lowest BCUT2D eigenvalue weighted by Gasteiger charge is -2.21. The van der Waals surface area contributed by atoms with Crippen molar-refractivity contribution >= 4 is 27.8 Å². The van der Waals surface area contributed by atoms with E-state index in [9.17, 15) is 9.59 Å². The lowest BCUT2D eigenvalue weighted by atomic mass is 10.1. The summed E-state index contributed by atoms with van der Waals surface area (Å²) in [5.41, 5.74) is 1.80. The lowest BCUT2D eigenvalue weighted by Crippen LogP contribution is -2.35. The minimum Gasteiger partial charge on any atom is -0.480 e. The van der Waals surface area contributed by atoms with Crippen LogP contribution in [0.5, 0.6) is 0 Å². The van der Waals surface area contributed by atoms with Crippen LogP contribution in [-0.4, -0.2) is 28.4 Å². The second kappa shape index (κ2) is 7.79. The Balaban J connectivity index is 2.01. The highest BCUT2D eigenvalue weighted by Crippen LogP contribution is 2.14. The van der Waals surface area contributed by atoms with Gasteiger partial charge in [-0.1, -0.05) is 28.1 Å². The highest BCUT2D eigenvalue weighted by atomic mass is 79.9. The lowest BCUT2D eigenvalue weighted by molar-refractivity contribution is -0.144. The molecule has 2 rings (SSSR count). The molecule has 1 amide bonds. The second-order valence-electron chi connectivity index (χ2n) is 4.91. The van der Waals surface area contributed by atoms with Crippen molar-refractivity contribution in [3.63, 3.8) is 0 Å². The number of halogens is 1. The van der Waals surface area contributed by atoms with E-state index in [1.165, 1.54) is 4.90 Å². The van der Waals surface area contributed by atoms with Crippen molar-refractivity contribution in [3.8, 4) is 0 Å². The zero-order valence-corrected chi connectivity index (χ0v) is 13.5. The van der Waals surface area contributed by atoms with Crippen LogP contribution in [-0.2, 0) is 22.6 Å². The van der Waals surface area contributed by atoms with Gasteiger partial charge in [-0.15, -0.1) is 0 Å². The summed E-state index contributed by atoms with van der Waals surface area (Å²) in [6.07, 6.45) is 3.92. The molecule has 0 unspecified atom stereocenters. The van der Waals surface area contributed by atoms with E-state index in [2.05, 4.69) is 15.9 Å². The number of aryl methyl sites for hydroxylation is 1. The molecule has 0 aliphatic carbocycles. The molecular weight excluding hydrogens is 350 g/mol. The molecule has 0 spiro atoms. The molecule has 1 heterocycles. The maximum atomic E-state index is 12.3. The Kier molecular flexibility index (Phi) is 5.77. The van der Waals surface area contributed by atoms with Gasteiger partial charge in [0.2, 0.25) is 5.91 Å². The van der Waals surface area contributed by atoms with Crippen LogP contribution < -0.4 is 0 Å². The van der Waals surface area contributed by atoms with E-state index in [-0.39, 0.29) is 25.4 Å². The third-order valence-corrected chi connectivity index (χ3v) is 3.64. The smallest absolute Gasteiger partial charge is 0.323 e. The Hall–Kier alpha value is -2.08. The molecule has 0 aliphatic heterocycles. The number of hydrogen-bond acceptors (Lipinski definition) is 3. The van der Waals surface area contributed by atoms with Crippen LogP contribution in [0.2, 0.25) is 0 Å². The number of carbonyl (C=O) groups excluding carboxylic acids is 1. The number of benzene rings is 1. The fourth-order valence-corrected chi connectivity index (χ4v) is 2.54. The van der Waals surface area contributed by atoms with Gasteiger partial charge in [0.25, 0.3) is 0 Å². The molecule has 22 heavy (non-hydrogen) atoms. The molecule has 2 aromatic rings. The number of carboxylic acids is 1. The first-order valence-corrected chi connectivity index (χ1v) is 7.59. The topological polar surface area (TPSA) is 70.8 Å². The number of amides is 1. The fraction of sp³-hybridized carbons (Fsp3) is 0.250. The summed E-state index contributed by atoms with van der Waals surface area (Å²) in [7, 11) is 0.